The highest BCUT2D eigenvalue weighted by Crippen LogP contribution is 2.14. The number of carbonyl (C=O) groups is 1. The molecule has 0 unspecified atom stereocenters. The number of ether oxygens (including phenoxy) is 1. The average molecular weight is 467 g/mol. The second kappa shape index (κ2) is 29.5. The van der Waals surface area contributed by atoms with E-state index in [0.717, 1.165) is 12.8 Å². The summed E-state index contributed by atoms with van der Waals surface area (Å²) in [4.78, 5) is 11.8. The Morgan fingerprint density at radius 2 is 0.667 bits per heavy atom. The predicted octanol–water partition coefficient (Wildman–Crippen LogP) is 11.1. The minimum absolute atomic E-state index is 0.0213. The third-order valence-electron chi connectivity index (χ3n) is 7.00. The smallest absolute Gasteiger partial charge is 0.305 e. The molecular weight excluding hydrogens is 404 g/mol. The Morgan fingerprint density at radius 1 is 0.394 bits per heavy atom. The van der Waals surface area contributed by atoms with E-state index in [1.807, 2.05) is 0 Å². The molecule has 0 spiro atoms. The summed E-state index contributed by atoms with van der Waals surface area (Å²) in [7, 11) is 0. The first kappa shape index (κ1) is 32.5. The number of carbonyl (C=O) groups excluding carboxylic acids is 1. The van der Waals surface area contributed by atoms with Crippen molar-refractivity contribution in [3.05, 3.63) is 0 Å². The van der Waals surface area contributed by atoms with Gasteiger partial charge < -0.3 is 4.74 Å². The molecule has 198 valence electrons. The van der Waals surface area contributed by atoms with Crippen LogP contribution in [0, 0.1) is 0 Å². The van der Waals surface area contributed by atoms with Crippen molar-refractivity contribution in [1.82, 2.24) is 0 Å². The lowest BCUT2D eigenvalue weighted by Gasteiger charge is -2.06. The van der Waals surface area contributed by atoms with Crippen LogP contribution < -0.4 is 0 Å². The molecule has 2 nitrogen and oxygen atoms in total. The van der Waals surface area contributed by atoms with Gasteiger partial charge in [-0.2, -0.15) is 0 Å². The Morgan fingerprint density at radius 3 is 1.00 bits per heavy atom. The van der Waals surface area contributed by atoms with Crippen LogP contribution in [0.25, 0.3) is 0 Å². The molecule has 0 aliphatic rings. The first-order valence-electron chi connectivity index (χ1n) is 15.5. The number of esters is 1. The quantitative estimate of drug-likeness (QED) is 0.0846. The molecule has 0 aromatic rings. The molecule has 0 bridgehead atoms. The summed E-state index contributed by atoms with van der Waals surface area (Å²) in [5.74, 6) is 0.0213. The molecule has 0 rings (SSSR count). The van der Waals surface area contributed by atoms with Crippen LogP contribution in [0.1, 0.15) is 187 Å². The van der Waals surface area contributed by atoms with Crippen LogP contribution in [-0.2, 0) is 9.53 Å². The minimum Gasteiger partial charge on any atom is -0.466 e. The molecule has 0 atom stereocenters. The normalized spacial score (nSPS) is 11.2. The molecule has 0 radical (unpaired) electrons. The second-order valence-electron chi connectivity index (χ2n) is 10.5. The Bertz CT molecular complexity index is 366. The van der Waals surface area contributed by atoms with Crippen LogP contribution in [0.3, 0.4) is 0 Å². The molecule has 0 fully saturated rings. The van der Waals surface area contributed by atoms with Gasteiger partial charge in [0.2, 0.25) is 0 Å². The zero-order valence-electron chi connectivity index (χ0n) is 23.1. The molecule has 0 N–H and O–H groups in total. The van der Waals surface area contributed by atoms with E-state index in [1.54, 1.807) is 0 Å². The van der Waals surface area contributed by atoms with Gasteiger partial charge in [-0.05, 0) is 12.8 Å². The van der Waals surface area contributed by atoms with Gasteiger partial charge in [-0.3, -0.25) is 4.79 Å². The Hall–Kier alpha value is -0.530. The van der Waals surface area contributed by atoms with Gasteiger partial charge in [0.25, 0.3) is 0 Å². The molecule has 0 saturated heterocycles. The molecule has 0 heterocycles. The fourth-order valence-corrected chi connectivity index (χ4v) is 4.67. The van der Waals surface area contributed by atoms with Crippen LogP contribution in [-0.4, -0.2) is 12.6 Å². The molecule has 2 heteroatoms. The molecule has 0 aromatic carbocycles. The van der Waals surface area contributed by atoms with Crippen LogP contribution in [0.2, 0.25) is 0 Å². The number of hydrogen-bond donors (Lipinski definition) is 0. The summed E-state index contributed by atoms with van der Waals surface area (Å²) in [5.41, 5.74) is 0. The van der Waals surface area contributed by atoms with Gasteiger partial charge in [-0.15, -0.1) is 0 Å². The summed E-state index contributed by atoms with van der Waals surface area (Å²) in [6.07, 6.45) is 35.8. The molecule has 33 heavy (non-hydrogen) atoms. The Balaban J connectivity index is 3.11. The van der Waals surface area contributed by atoms with Crippen molar-refractivity contribution in [1.29, 1.82) is 0 Å². The predicted molar refractivity (Wildman–Crippen MR) is 147 cm³/mol. The lowest BCUT2D eigenvalue weighted by Crippen LogP contribution is -2.05. The monoisotopic (exact) mass is 466 g/mol. The van der Waals surface area contributed by atoms with Gasteiger partial charge in [-0.1, -0.05) is 168 Å². The largest absolute Gasteiger partial charge is 0.466 e. The number of hydrogen-bond acceptors (Lipinski definition) is 2. The van der Waals surface area contributed by atoms with Gasteiger partial charge in [-0.25, -0.2) is 0 Å². The van der Waals surface area contributed by atoms with Crippen molar-refractivity contribution in [2.75, 3.05) is 6.61 Å². The number of rotatable bonds is 28. The van der Waals surface area contributed by atoms with Crippen LogP contribution in [0.5, 0.6) is 0 Å². The van der Waals surface area contributed by atoms with Crippen molar-refractivity contribution < 1.29 is 9.53 Å². The van der Waals surface area contributed by atoms with Crippen LogP contribution >= 0.6 is 0 Å². The minimum atomic E-state index is 0.0213. The van der Waals surface area contributed by atoms with E-state index in [1.165, 1.54) is 154 Å². The highest BCUT2D eigenvalue weighted by molar-refractivity contribution is 5.69. The van der Waals surface area contributed by atoms with Crippen LogP contribution in [0.4, 0.5) is 0 Å². The Kier molecular flexibility index (Phi) is 29.0. The van der Waals surface area contributed by atoms with Crippen molar-refractivity contribution in [3.8, 4) is 0 Å². The van der Waals surface area contributed by atoms with E-state index < -0.39 is 0 Å². The van der Waals surface area contributed by atoms with Gasteiger partial charge in [0.15, 0.2) is 0 Å². The van der Waals surface area contributed by atoms with E-state index in [0.29, 0.717) is 13.0 Å². The van der Waals surface area contributed by atoms with Crippen molar-refractivity contribution in [2.24, 2.45) is 0 Å². The summed E-state index contributed by atoms with van der Waals surface area (Å²) < 4.78 is 5.39. The first-order valence-corrected chi connectivity index (χ1v) is 15.5. The standard InChI is InChI=1S/C31H62O2/c1-3-5-7-9-11-13-14-15-16-17-18-19-20-21-22-24-26-28-30-33-31(32)29-27-25-23-12-10-8-6-4-2/h3-30H2,1-2H3. The zero-order chi connectivity index (χ0) is 24.1. The van der Waals surface area contributed by atoms with Gasteiger partial charge in [0.05, 0.1) is 6.61 Å². The fraction of sp³-hybridized carbons (Fsp3) is 0.968. The lowest BCUT2D eigenvalue weighted by atomic mass is 10.0. The van der Waals surface area contributed by atoms with Gasteiger partial charge >= 0.3 is 5.97 Å². The summed E-state index contributed by atoms with van der Waals surface area (Å²) in [6.45, 7) is 5.18. The zero-order valence-corrected chi connectivity index (χ0v) is 23.1. The average Bonchev–Trinajstić information content (AvgIpc) is 2.82. The maximum Gasteiger partial charge on any atom is 0.305 e. The molecule has 0 saturated carbocycles. The highest BCUT2D eigenvalue weighted by Gasteiger charge is 2.02. The molecule has 0 aliphatic heterocycles. The van der Waals surface area contributed by atoms with E-state index >= 15 is 0 Å². The molecule has 0 aliphatic carbocycles. The number of unbranched alkanes of at least 4 members (excludes halogenated alkanes) is 24. The topological polar surface area (TPSA) is 26.3 Å². The molecule has 0 aromatic heterocycles. The highest BCUT2D eigenvalue weighted by atomic mass is 16.5. The third kappa shape index (κ3) is 29.4. The summed E-state index contributed by atoms with van der Waals surface area (Å²) >= 11 is 0. The lowest BCUT2D eigenvalue weighted by molar-refractivity contribution is -0.143. The van der Waals surface area contributed by atoms with Crippen molar-refractivity contribution in [3.63, 3.8) is 0 Å². The van der Waals surface area contributed by atoms with E-state index in [4.69, 9.17) is 4.74 Å². The van der Waals surface area contributed by atoms with Crippen molar-refractivity contribution in [2.45, 2.75) is 187 Å². The summed E-state index contributed by atoms with van der Waals surface area (Å²) in [6, 6.07) is 0. The molecular formula is C31H62O2. The fourth-order valence-electron chi connectivity index (χ4n) is 4.67. The third-order valence-corrected chi connectivity index (χ3v) is 7.00. The summed E-state index contributed by atoms with van der Waals surface area (Å²) in [5, 5.41) is 0. The first-order chi connectivity index (χ1) is 16.3. The van der Waals surface area contributed by atoms with E-state index in [2.05, 4.69) is 13.8 Å². The van der Waals surface area contributed by atoms with E-state index in [-0.39, 0.29) is 5.97 Å². The van der Waals surface area contributed by atoms with E-state index in [9.17, 15) is 4.79 Å². The maximum atomic E-state index is 11.8. The van der Waals surface area contributed by atoms with Crippen LogP contribution in [0.15, 0.2) is 0 Å². The second-order valence-corrected chi connectivity index (χ2v) is 10.5. The molecule has 0 amide bonds. The van der Waals surface area contributed by atoms with Gasteiger partial charge in [0.1, 0.15) is 0 Å². The Labute approximate surface area is 209 Å². The maximum absolute atomic E-state index is 11.8. The SMILES string of the molecule is CCCCCCCCCCCCCCCCCCCCOC(=O)CCCCCCCCCC. The van der Waals surface area contributed by atoms with Crippen molar-refractivity contribution >= 4 is 5.97 Å². The van der Waals surface area contributed by atoms with Gasteiger partial charge in [0, 0.05) is 6.42 Å².